The summed E-state index contributed by atoms with van der Waals surface area (Å²) in [5.74, 6) is 1.25. The van der Waals surface area contributed by atoms with Crippen molar-refractivity contribution in [1.82, 2.24) is 0 Å². The first-order chi connectivity index (χ1) is 13.5. The number of methoxy groups -OCH3 is 3. The van der Waals surface area contributed by atoms with E-state index in [1.165, 1.54) is 6.92 Å². The van der Waals surface area contributed by atoms with Crippen molar-refractivity contribution in [2.24, 2.45) is 0 Å². The van der Waals surface area contributed by atoms with E-state index in [4.69, 9.17) is 14.2 Å². The normalized spacial score (nSPS) is 10.0. The molecule has 8 heteroatoms. The van der Waals surface area contributed by atoms with E-state index in [2.05, 4.69) is 16.0 Å². The van der Waals surface area contributed by atoms with Gasteiger partial charge in [0.2, 0.25) is 17.6 Å². The number of amides is 2. The lowest BCUT2D eigenvalue weighted by atomic mass is 10.2. The molecule has 0 heterocycles. The van der Waals surface area contributed by atoms with Crippen molar-refractivity contribution in [1.29, 1.82) is 0 Å². The van der Waals surface area contributed by atoms with Crippen molar-refractivity contribution < 1.29 is 23.8 Å². The van der Waals surface area contributed by atoms with Crippen molar-refractivity contribution in [3.8, 4) is 17.2 Å². The molecule has 0 atom stereocenters. The van der Waals surface area contributed by atoms with Gasteiger partial charge in [-0.05, 0) is 18.2 Å². The average molecular weight is 387 g/mol. The predicted octanol–water partition coefficient (Wildman–Crippen LogP) is 3.11. The minimum atomic E-state index is -0.168. The molecule has 0 unspecified atom stereocenters. The molecular formula is C20H25N3O5. The van der Waals surface area contributed by atoms with Crippen LogP contribution in [0.5, 0.6) is 17.2 Å². The minimum Gasteiger partial charge on any atom is -0.493 e. The van der Waals surface area contributed by atoms with Crippen LogP contribution < -0.4 is 30.2 Å². The number of ether oxygens (including phenoxy) is 3. The third-order valence-corrected chi connectivity index (χ3v) is 3.81. The highest BCUT2D eigenvalue weighted by molar-refractivity contribution is 5.93. The van der Waals surface area contributed by atoms with Gasteiger partial charge in [-0.1, -0.05) is 6.07 Å². The Bertz CT molecular complexity index is 813. The van der Waals surface area contributed by atoms with Gasteiger partial charge >= 0.3 is 0 Å². The van der Waals surface area contributed by atoms with E-state index in [0.717, 1.165) is 5.69 Å². The standard InChI is InChI=1S/C20H25N3O5/c1-13(24)22-14-6-5-7-15(10-14)23-19(25)8-9-21-16-11-17(26-2)20(28-4)18(12-16)27-3/h5-7,10-12,21H,8-9H2,1-4H3,(H,22,24)(H,23,25). The number of anilines is 3. The molecule has 0 bridgehead atoms. The van der Waals surface area contributed by atoms with Crippen LogP contribution in [0.25, 0.3) is 0 Å². The van der Waals surface area contributed by atoms with Gasteiger partial charge in [-0.2, -0.15) is 0 Å². The molecular weight excluding hydrogens is 362 g/mol. The fourth-order valence-corrected chi connectivity index (χ4v) is 2.60. The Morgan fingerprint density at radius 3 is 2.00 bits per heavy atom. The molecule has 3 N–H and O–H groups in total. The monoisotopic (exact) mass is 387 g/mol. The summed E-state index contributed by atoms with van der Waals surface area (Å²) >= 11 is 0. The van der Waals surface area contributed by atoms with E-state index in [9.17, 15) is 9.59 Å². The first-order valence-corrected chi connectivity index (χ1v) is 8.68. The van der Waals surface area contributed by atoms with Crippen molar-refractivity contribution in [3.63, 3.8) is 0 Å². The van der Waals surface area contributed by atoms with Crippen LogP contribution in [0.15, 0.2) is 36.4 Å². The van der Waals surface area contributed by atoms with E-state index < -0.39 is 0 Å². The Balaban J connectivity index is 1.93. The van der Waals surface area contributed by atoms with Gasteiger partial charge in [0.1, 0.15) is 0 Å². The Morgan fingerprint density at radius 2 is 1.46 bits per heavy atom. The molecule has 2 amide bonds. The first-order valence-electron chi connectivity index (χ1n) is 8.68. The number of carbonyl (C=O) groups is 2. The molecule has 28 heavy (non-hydrogen) atoms. The van der Waals surface area contributed by atoms with E-state index >= 15 is 0 Å². The summed E-state index contributed by atoms with van der Waals surface area (Å²) < 4.78 is 15.9. The van der Waals surface area contributed by atoms with Crippen LogP contribution in [0.2, 0.25) is 0 Å². The largest absolute Gasteiger partial charge is 0.493 e. The maximum atomic E-state index is 12.2. The van der Waals surface area contributed by atoms with Crippen LogP contribution in [0.4, 0.5) is 17.1 Å². The smallest absolute Gasteiger partial charge is 0.226 e. The average Bonchev–Trinajstić information content (AvgIpc) is 2.66. The van der Waals surface area contributed by atoms with Gasteiger partial charge in [0.05, 0.1) is 21.3 Å². The van der Waals surface area contributed by atoms with E-state index in [1.807, 2.05) is 0 Å². The van der Waals surface area contributed by atoms with Crippen LogP contribution >= 0.6 is 0 Å². The van der Waals surface area contributed by atoms with Crippen molar-refractivity contribution in [2.75, 3.05) is 43.8 Å². The van der Waals surface area contributed by atoms with Gasteiger partial charge in [0.25, 0.3) is 0 Å². The highest BCUT2D eigenvalue weighted by Gasteiger charge is 2.13. The van der Waals surface area contributed by atoms with Gasteiger partial charge in [0, 0.05) is 49.1 Å². The van der Waals surface area contributed by atoms with Gasteiger partial charge in [-0.15, -0.1) is 0 Å². The molecule has 0 saturated heterocycles. The summed E-state index contributed by atoms with van der Waals surface area (Å²) in [5, 5.41) is 8.65. The fourth-order valence-electron chi connectivity index (χ4n) is 2.60. The van der Waals surface area contributed by atoms with Crippen molar-refractivity contribution in [3.05, 3.63) is 36.4 Å². The molecule has 0 aromatic heterocycles. The second-order valence-corrected chi connectivity index (χ2v) is 5.90. The number of hydrogen-bond acceptors (Lipinski definition) is 6. The second kappa shape index (κ2) is 10.1. The Hall–Kier alpha value is -3.42. The molecule has 0 aliphatic rings. The van der Waals surface area contributed by atoms with E-state index in [1.54, 1.807) is 57.7 Å². The molecule has 2 rings (SSSR count). The Kier molecular flexibility index (Phi) is 7.50. The number of rotatable bonds is 9. The minimum absolute atomic E-state index is 0.153. The number of hydrogen-bond donors (Lipinski definition) is 3. The van der Waals surface area contributed by atoms with Crippen molar-refractivity contribution >= 4 is 28.9 Å². The zero-order valence-electron chi connectivity index (χ0n) is 16.4. The van der Waals surface area contributed by atoms with Gasteiger partial charge in [0.15, 0.2) is 11.5 Å². The summed E-state index contributed by atoms with van der Waals surface area (Å²) in [6, 6.07) is 10.5. The topological polar surface area (TPSA) is 97.9 Å². The Morgan fingerprint density at radius 1 is 0.857 bits per heavy atom. The molecule has 2 aromatic carbocycles. The lowest BCUT2D eigenvalue weighted by Crippen LogP contribution is -2.16. The van der Waals surface area contributed by atoms with Crippen LogP contribution in [0.3, 0.4) is 0 Å². The molecule has 0 aliphatic carbocycles. The summed E-state index contributed by atoms with van der Waals surface area (Å²) in [7, 11) is 4.63. The maximum Gasteiger partial charge on any atom is 0.226 e. The van der Waals surface area contributed by atoms with Gasteiger partial charge in [-0.3, -0.25) is 9.59 Å². The third-order valence-electron chi connectivity index (χ3n) is 3.81. The molecule has 0 fully saturated rings. The first kappa shape index (κ1) is 20.9. The van der Waals surface area contributed by atoms with Crippen LogP contribution in [-0.2, 0) is 9.59 Å². The molecule has 0 radical (unpaired) electrons. The summed E-state index contributed by atoms with van der Waals surface area (Å²) in [4.78, 5) is 23.3. The van der Waals surface area contributed by atoms with Gasteiger partial charge < -0.3 is 30.2 Å². The molecule has 150 valence electrons. The van der Waals surface area contributed by atoms with Crippen LogP contribution in [0.1, 0.15) is 13.3 Å². The molecule has 0 saturated carbocycles. The highest BCUT2D eigenvalue weighted by atomic mass is 16.5. The van der Waals surface area contributed by atoms with E-state index in [-0.39, 0.29) is 18.2 Å². The zero-order valence-corrected chi connectivity index (χ0v) is 16.4. The third kappa shape index (κ3) is 5.80. The van der Waals surface area contributed by atoms with Crippen LogP contribution in [0, 0.1) is 0 Å². The maximum absolute atomic E-state index is 12.2. The molecule has 0 aliphatic heterocycles. The number of benzene rings is 2. The lowest BCUT2D eigenvalue weighted by Gasteiger charge is -2.15. The molecule has 0 spiro atoms. The lowest BCUT2D eigenvalue weighted by molar-refractivity contribution is -0.116. The predicted molar refractivity (Wildman–Crippen MR) is 109 cm³/mol. The summed E-state index contributed by atoms with van der Waals surface area (Å²) in [5.41, 5.74) is 1.99. The summed E-state index contributed by atoms with van der Waals surface area (Å²) in [6.07, 6.45) is 0.251. The highest BCUT2D eigenvalue weighted by Crippen LogP contribution is 2.39. The number of carbonyl (C=O) groups excluding carboxylic acids is 2. The van der Waals surface area contributed by atoms with Gasteiger partial charge in [-0.25, -0.2) is 0 Å². The SMILES string of the molecule is COc1cc(NCCC(=O)Nc2cccc(NC(C)=O)c2)cc(OC)c1OC. The fraction of sp³-hybridized carbons (Fsp3) is 0.300. The number of nitrogens with one attached hydrogen (secondary N) is 3. The second-order valence-electron chi connectivity index (χ2n) is 5.90. The Labute approximate surface area is 164 Å². The molecule has 8 nitrogen and oxygen atoms in total. The van der Waals surface area contributed by atoms with Crippen LogP contribution in [-0.4, -0.2) is 39.7 Å². The molecule has 2 aromatic rings. The van der Waals surface area contributed by atoms with Crippen molar-refractivity contribution in [2.45, 2.75) is 13.3 Å². The summed E-state index contributed by atoms with van der Waals surface area (Å²) in [6.45, 7) is 1.84. The van der Waals surface area contributed by atoms with E-state index in [0.29, 0.717) is 35.2 Å². The zero-order chi connectivity index (χ0) is 20.5. The quantitative estimate of drug-likeness (QED) is 0.612.